The Morgan fingerprint density at radius 2 is 1.75 bits per heavy atom. The Kier molecular flexibility index (Phi) is 4.35. The number of phenolic OH excluding ortho intramolecular Hbond substituents is 1. The average molecular weight is 273 g/mol. The molecule has 2 rings (SSSR count). The molecule has 0 spiro atoms. The molecule has 0 aromatic heterocycles. The van der Waals surface area contributed by atoms with Gasteiger partial charge in [-0.1, -0.05) is 19.1 Å². The summed E-state index contributed by atoms with van der Waals surface area (Å²) in [7, 11) is 0. The first kappa shape index (κ1) is 14.1. The van der Waals surface area contributed by atoms with E-state index in [2.05, 4.69) is 0 Å². The van der Waals surface area contributed by atoms with Crippen LogP contribution in [0.5, 0.6) is 5.75 Å². The summed E-state index contributed by atoms with van der Waals surface area (Å²) in [5.74, 6) is -0.152. The Labute approximate surface area is 117 Å². The Morgan fingerprint density at radius 3 is 2.25 bits per heavy atom. The van der Waals surface area contributed by atoms with Crippen molar-refractivity contribution < 1.29 is 14.3 Å². The number of rotatable bonds is 5. The van der Waals surface area contributed by atoms with Gasteiger partial charge in [0, 0.05) is 5.69 Å². The van der Waals surface area contributed by atoms with Crippen LogP contribution in [0.2, 0.25) is 0 Å². The first-order chi connectivity index (χ1) is 9.65. The molecule has 0 radical (unpaired) electrons. The van der Waals surface area contributed by atoms with Gasteiger partial charge >= 0.3 is 0 Å². The second-order valence-electron chi connectivity index (χ2n) is 4.50. The largest absolute Gasteiger partial charge is 0.508 e. The third-order valence-electron chi connectivity index (χ3n) is 3.24. The van der Waals surface area contributed by atoms with Crippen molar-refractivity contribution in [3.05, 3.63) is 59.9 Å². The van der Waals surface area contributed by atoms with E-state index in [1.807, 2.05) is 6.92 Å². The zero-order chi connectivity index (χ0) is 14.5. The molecule has 4 heteroatoms. The number of hydrogen-bond donors (Lipinski definition) is 1. The first-order valence-electron chi connectivity index (χ1n) is 6.44. The smallest absolute Gasteiger partial charge is 0.214 e. The highest BCUT2D eigenvalue weighted by molar-refractivity contribution is 5.76. The van der Waals surface area contributed by atoms with Crippen LogP contribution in [0.3, 0.4) is 0 Å². The summed E-state index contributed by atoms with van der Waals surface area (Å²) in [6, 6.07) is 12.4. The van der Waals surface area contributed by atoms with Crippen LogP contribution in [0.25, 0.3) is 0 Å². The third-order valence-corrected chi connectivity index (χ3v) is 3.24. The van der Waals surface area contributed by atoms with Gasteiger partial charge in [0.05, 0.1) is 6.04 Å². The van der Waals surface area contributed by atoms with Gasteiger partial charge in [-0.3, -0.25) is 4.79 Å². The fourth-order valence-electron chi connectivity index (χ4n) is 2.22. The number of hydrogen-bond acceptors (Lipinski definition) is 2. The van der Waals surface area contributed by atoms with Gasteiger partial charge in [-0.2, -0.15) is 0 Å². The summed E-state index contributed by atoms with van der Waals surface area (Å²) in [5, 5.41) is 9.33. The Balaban J connectivity index is 2.34. The lowest BCUT2D eigenvalue weighted by molar-refractivity contribution is -0.107. The van der Waals surface area contributed by atoms with E-state index in [-0.39, 0.29) is 17.6 Å². The SMILES string of the molecule is CCC(c1ccc(O)cc1)N(C=O)c1ccc(F)cc1. The molecule has 104 valence electrons. The molecule has 0 bridgehead atoms. The number of carbonyl (C=O) groups excluding carboxylic acids is 1. The standard InChI is InChI=1S/C16H16FNO2/c1-2-16(12-3-9-15(20)10-4-12)18(11-19)14-7-5-13(17)6-8-14/h3-11,16,20H,2H2,1H3. The van der Waals surface area contributed by atoms with E-state index in [9.17, 15) is 14.3 Å². The number of aromatic hydroxyl groups is 1. The third kappa shape index (κ3) is 2.96. The van der Waals surface area contributed by atoms with Crippen molar-refractivity contribution in [3.63, 3.8) is 0 Å². The van der Waals surface area contributed by atoms with Crippen molar-refractivity contribution in [1.82, 2.24) is 0 Å². The molecule has 0 saturated carbocycles. The number of carbonyl (C=O) groups is 1. The summed E-state index contributed by atoms with van der Waals surface area (Å²) in [5.41, 5.74) is 1.56. The van der Waals surface area contributed by atoms with Crippen molar-refractivity contribution >= 4 is 12.1 Å². The van der Waals surface area contributed by atoms with Gasteiger partial charge in [-0.25, -0.2) is 4.39 Å². The summed E-state index contributed by atoms with van der Waals surface area (Å²) >= 11 is 0. The molecule has 0 aliphatic carbocycles. The van der Waals surface area contributed by atoms with Gasteiger partial charge in [0.1, 0.15) is 11.6 Å². The molecule has 0 saturated heterocycles. The van der Waals surface area contributed by atoms with E-state index < -0.39 is 0 Å². The molecular formula is C16H16FNO2. The Bertz CT molecular complexity index is 566. The number of benzene rings is 2. The van der Waals surface area contributed by atoms with Gasteiger partial charge in [-0.05, 0) is 48.4 Å². The molecule has 1 unspecified atom stereocenters. The van der Waals surface area contributed by atoms with Gasteiger partial charge < -0.3 is 10.0 Å². The van der Waals surface area contributed by atoms with Crippen LogP contribution in [0.4, 0.5) is 10.1 Å². The summed E-state index contributed by atoms with van der Waals surface area (Å²) in [6.45, 7) is 1.97. The van der Waals surface area contributed by atoms with Crippen LogP contribution in [-0.2, 0) is 4.79 Å². The van der Waals surface area contributed by atoms with Crippen LogP contribution >= 0.6 is 0 Å². The zero-order valence-electron chi connectivity index (χ0n) is 11.2. The molecule has 1 amide bonds. The lowest BCUT2D eigenvalue weighted by Crippen LogP contribution is -2.26. The van der Waals surface area contributed by atoms with Gasteiger partial charge in [0.2, 0.25) is 6.41 Å². The van der Waals surface area contributed by atoms with Crippen molar-refractivity contribution in [2.75, 3.05) is 4.90 Å². The zero-order valence-corrected chi connectivity index (χ0v) is 11.2. The summed E-state index contributed by atoms with van der Waals surface area (Å²) in [6.07, 6.45) is 1.45. The number of amides is 1. The molecule has 0 fully saturated rings. The molecule has 3 nitrogen and oxygen atoms in total. The lowest BCUT2D eigenvalue weighted by Gasteiger charge is -2.28. The predicted octanol–water partition coefficient (Wildman–Crippen LogP) is 3.65. The highest BCUT2D eigenvalue weighted by atomic mass is 19.1. The van der Waals surface area contributed by atoms with E-state index in [0.29, 0.717) is 12.1 Å². The normalized spacial score (nSPS) is 11.9. The number of phenols is 1. The predicted molar refractivity (Wildman–Crippen MR) is 76.1 cm³/mol. The minimum absolute atomic E-state index is 0.154. The van der Waals surface area contributed by atoms with Crippen LogP contribution in [0.15, 0.2) is 48.5 Å². The quantitative estimate of drug-likeness (QED) is 0.845. The molecular weight excluding hydrogens is 257 g/mol. The van der Waals surface area contributed by atoms with Crippen molar-refractivity contribution in [3.8, 4) is 5.75 Å². The molecule has 1 N–H and O–H groups in total. The van der Waals surface area contributed by atoms with E-state index in [4.69, 9.17) is 0 Å². The fraction of sp³-hybridized carbons (Fsp3) is 0.188. The molecule has 0 heterocycles. The maximum Gasteiger partial charge on any atom is 0.214 e. The average Bonchev–Trinajstić information content (AvgIpc) is 2.47. The van der Waals surface area contributed by atoms with Crippen LogP contribution in [-0.4, -0.2) is 11.5 Å². The highest BCUT2D eigenvalue weighted by Gasteiger charge is 2.18. The number of nitrogens with zero attached hydrogens (tertiary/aromatic N) is 1. The molecule has 0 aliphatic rings. The molecule has 20 heavy (non-hydrogen) atoms. The van der Waals surface area contributed by atoms with Crippen LogP contribution in [0.1, 0.15) is 24.9 Å². The lowest BCUT2D eigenvalue weighted by atomic mass is 10.0. The maximum atomic E-state index is 13.0. The molecule has 0 aliphatic heterocycles. The summed E-state index contributed by atoms with van der Waals surface area (Å²) in [4.78, 5) is 13.0. The van der Waals surface area contributed by atoms with Crippen molar-refractivity contribution in [2.45, 2.75) is 19.4 Å². The molecule has 2 aromatic carbocycles. The molecule has 1 atom stereocenters. The van der Waals surface area contributed by atoms with Crippen LogP contribution in [0, 0.1) is 5.82 Å². The number of anilines is 1. The highest BCUT2D eigenvalue weighted by Crippen LogP contribution is 2.29. The molecule has 2 aromatic rings. The maximum absolute atomic E-state index is 13.0. The van der Waals surface area contributed by atoms with Crippen molar-refractivity contribution in [2.24, 2.45) is 0 Å². The number of halogens is 1. The minimum Gasteiger partial charge on any atom is -0.508 e. The van der Waals surface area contributed by atoms with E-state index >= 15 is 0 Å². The van der Waals surface area contributed by atoms with E-state index in [1.165, 1.54) is 12.1 Å². The first-order valence-corrected chi connectivity index (χ1v) is 6.44. The van der Waals surface area contributed by atoms with Crippen LogP contribution < -0.4 is 4.90 Å². The Morgan fingerprint density at radius 1 is 1.15 bits per heavy atom. The minimum atomic E-state index is -0.336. The topological polar surface area (TPSA) is 40.5 Å². The van der Waals surface area contributed by atoms with Gasteiger partial charge in [0.25, 0.3) is 0 Å². The van der Waals surface area contributed by atoms with Gasteiger partial charge in [0.15, 0.2) is 0 Å². The Hall–Kier alpha value is -2.36. The van der Waals surface area contributed by atoms with E-state index in [0.717, 1.165) is 12.0 Å². The van der Waals surface area contributed by atoms with Gasteiger partial charge in [-0.15, -0.1) is 0 Å². The summed E-state index contributed by atoms with van der Waals surface area (Å²) < 4.78 is 13.0. The monoisotopic (exact) mass is 273 g/mol. The second kappa shape index (κ2) is 6.19. The van der Waals surface area contributed by atoms with Crippen molar-refractivity contribution in [1.29, 1.82) is 0 Å². The second-order valence-corrected chi connectivity index (χ2v) is 4.50. The fourth-order valence-corrected chi connectivity index (χ4v) is 2.22. The van der Waals surface area contributed by atoms with E-state index in [1.54, 1.807) is 41.3 Å².